The molecule has 0 aromatic carbocycles. The maximum Gasteiger partial charge on any atom is 0.125 e. The Morgan fingerprint density at radius 1 is 1.33 bits per heavy atom. The van der Waals surface area contributed by atoms with Crippen LogP contribution in [0.15, 0.2) is 18.3 Å². The van der Waals surface area contributed by atoms with Gasteiger partial charge in [0, 0.05) is 19.3 Å². The monoisotopic (exact) mass is 361 g/mol. The van der Waals surface area contributed by atoms with Crippen molar-refractivity contribution in [3.63, 3.8) is 0 Å². The number of anilines is 1. The fourth-order valence-corrected chi connectivity index (χ4v) is 1.91. The van der Waals surface area contributed by atoms with E-state index >= 15 is 0 Å². The minimum atomic E-state index is 0.175. The zero-order chi connectivity index (χ0) is 13.6. The molecule has 1 heterocycles. The molecule has 0 unspecified atom stereocenters. The van der Waals surface area contributed by atoms with E-state index in [0.29, 0.717) is 0 Å². The average molecular weight is 361 g/mol. The van der Waals surface area contributed by atoms with Crippen LogP contribution in [0.5, 0.6) is 0 Å². The number of pyridine rings is 1. The van der Waals surface area contributed by atoms with Gasteiger partial charge >= 0.3 is 0 Å². The first-order valence-corrected chi connectivity index (χ1v) is 7.91. The Balaban J connectivity index is 2.36. The fraction of sp³-hybridized carbons (Fsp3) is 0.643. The SMILES string of the molecule is CN(CI)CCCNc1ccc(C(C)(C)C)cn1. The Bertz CT molecular complexity index is 343. The summed E-state index contributed by atoms with van der Waals surface area (Å²) >= 11 is 2.38. The molecule has 1 rings (SSSR count). The largest absolute Gasteiger partial charge is 0.370 e. The first-order valence-electron chi connectivity index (χ1n) is 6.38. The van der Waals surface area contributed by atoms with E-state index < -0.39 is 0 Å². The molecule has 1 aromatic rings. The van der Waals surface area contributed by atoms with E-state index in [1.165, 1.54) is 5.56 Å². The van der Waals surface area contributed by atoms with E-state index in [0.717, 1.165) is 29.9 Å². The van der Waals surface area contributed by atoms with E-state index in [1.807, 2.05) is 6.20 Å². The van der Waals surface area contributed by atoms with E-state index in [4.69, 9.17) is 0 Å². The highest BCUT2D eigenvalue weighted by Gasteiger charge is 2.13. The summed E-state index contributed by atoms with van der Waals surface area (Å²) in [5.41, 5.74) is 1.45. The van der Waals surface area contributed by atoms with Crippen molar-refractivity contribution in [1.82, 2.24) is 9.88 Å². The van der Waals surface area contributed by atoms with Crippen LogP contribution in [-0.4, -0.2) is 34.6 Å². The van der Waals surface area contributed by atoms with Gasteiger partial charge in [-0.1, -0.05) is 49.4 Å². The Kier molecular flexibility index (Phi) is 6.35. The van der Waals surface area contributed by atoms with Crippen molar-refractivity contribution < 1.29 is 0 Å². The molecule has 0 radical (unpaired) electrons. The maximum absolute atomic E-state index is 4.46. The van der Waals surface area contributed by atoms with Gasteiger partial charge < -0.3 is 5.32 Å². The predicted molar refractivity (Wildman–Crippen MR) is 87.6 cm³/mol. The van der Waals surface area contributed by atoms with Gasteiger partial charge in [0.05, 0.1) is 4.55 Å². The van der Waals surface area contributed by atoms with Crippen LogP contribution >= 0.6 is 22.6 Å². The quantitative estimate of drug-likeness (QED) is 0.364. The zero-order valence-electron chi connectivity index (χ0n) is 11.8. The third kappa shape index (κ3) is 5.52. The summed E-state index contributed by atoms with van der Waals surface area (Å²) in [4.78, 5) is 6.76. The lowest BCUT2D eigenvalue weighted by atomic mass is 9.88. The normalized spacial score (nSPS) is 11.9. The second-order valence-corrected chi connectivity index (χ2v) is 6.34. The van der Waals surface area contributed by atoms with Crippen LogP contribution in [0.4, 0.5) is 5.82 Å². The summed E-state index contributed by atoms with van der Waals surface area (Å²) < 4.78 is 1.08. The lowest BCUT2D eigenvalue weighted by Crippen LogP contribution is -2.19. The van der Waals surface area contributed by atoms with Crippen molar-refractivity contribution in [3.05, 3.63) is 23.9 Å². The van der Waals surface area contributed by atoms with E-state index in [-0.39, 0.29) is 5.41 Å². The van der Waals surface area contributed by atoms with Gasteiger partial charge in [0.2, 0.25) is 0 Å². The molecule has 0 spiro atoms. The molecule has 0 saturated heterocycles. The third-order valence-electron chi connectivity index (χ3n) is 2.86. The second kappa shape index (κ2) is 7.28. The number of alkyl halides is 1. The smallest absolute Gasteiger partial charge is 0.125 e. The lowest BCUT2D eigenvalue weighted by Gasteiger charge is -2.18. The van der Waals surface area contributed by atoms with Crippen molar-refractivity contribution in [2.24, 2.45) is 0 Å². The molecule has 3 nitrogen and oxygen atoms in total. The Labute approximate surface area is 125 Å². The molecule has 0 bridgehead atoms. The summed E-state index contributed by atoms with van der Waals surface area (Å²) in [7, 11) is 2.14. The minimum absolute atomic E-state index is 0.175. The predicted octanol–water partition coefficient (Wildman–Crippen LogP) is 3.51. The number of halogens is 1. The molecule has 1 N–H and O–H groups in total. The standard InChI is InChI=1S/C14H24IN3/c1-14(2,3)12-6-7-13(17-10-12)16-8-5-9-18(4)11-15/h6-7,10H,5,8-9,11H2,1-4H3,(H,16,17). The summed E-state index contributed by atoms with van der Waals surface area (Å²) in [6.45, 7) is 8.71. The molecule has 0 aliphatic heterocycles. The number of hydrogen-bond acceptors (Lipinski definition) is 3. The molecule has 0 fully saturated rings. The van der Waals surface area contributed by atoms with Gasteiger partial charge in [-0.25, -0.2) is 4.98 Å². The molecule has 4 heteroatoms. The summed E-state index contributed by atoms with van der Waals surface area (Å²) in [6, 6.07) is 4.23. The van der Waals surface area contributed by atoms with Crippen LogP contribution < -0.4 is 5.32 Å². The van der Waals surface area contributed by atoms with Crippen LogP contribution in [0.2, 0.25) is 0 Å². The first-order chi connectivity index (χ1) is 8.43. The van der Waals surface area contributed by atoms with Crippen molar-refractivity contribution in [2.75, 3.05) is 30.0 Å². The number of nitrogens with one attached hydrogen (secondary N) is 1. The molecule has 0 aliphatic rings. The van der Waals surface area contributed by atoms with Gasteiger partial charge in [-0.2, -0.15) is 0 Å². The van der Waals surface area contributed by atoms with E-state index in [1.54, 1.807) is 0 Å². The highest BCUT2D eigenvalue weighted by Crippen LogP contribution is 2.21. The first kappa shape index (κ1) is 15.7. The number of aromatic nitrogens is 1. The average Bonchev–Trinajstić information content (AvgIpc) is 2.33. The van der Waals surface area contributed by atoms with E-state index in [2.05, 4.69) is 77.7 Å². The number of rotatable bonds is 6. The molecule has 0 atom stereocenters. The fourth-order valence-electron chi connectivity index (χ4n) is 1.57. The molecular formula is C14H24IN3. The molecule has 18 heavy (non-hydrogen) atoms. The summed E-state index contributed by atoms with van der Waals surface area (Å²) in [5, 5.41) is 3.36. The van der Waals surface area contributed by atoms with Gasteiger partial charge in [0.15, 0.2) is 0 Å². The third-order valence-corrected chi connectivity index (χ3v) is 4.02. The van der Waals surface area contributed by atoms with Crippen LogP contribution in [0, 0.1) is 0 Å². The van der Waals surface area contributed by atoms with Crippen molar-refractivity contribution in [3.8, 4) is 0 Å². The van der Waals surface area contributed by atoms with Crippen LogP contribution in [0.3, 0.4) is 0 Å². The zero-order valence-corrected chi connectivity index (χ0v) is 14.0. The van der Waals surface area contributed by atoms with Gasteiger partial charge in [-0.3, -0.25) is 4.90 Å². The summed E-state index contributed by atoms with van der Waals surface area (Å²) in [6.07, 6.45) is 3.11. The van der Waals surface area contributed by atoms with Gasteiger partial charge in [0.1, 0.15) is 5.82 Å². The van der Waals surface area contributed by atoms with Crippen LogP contribution in [0.25, 0.3) is 0 Å². The molecule has 0 amide bonds. The van der Waals surface area contributed by atoms with E-state index in [9.17, 15) is 0 Å². The Hall–Kier alpha value is -0.360. The number of nitrogens with zero attached hydrogens (tertiary/aromatic N) is 2. The molecule has 0 saturated carbocycles. The molecule has 0 aliphatic carbocycles. The van der Waals surface area contributed by atoms with Crippen molar-refractivity contribution >= 4 is 28.4 Å². The Morgan fingerprint density at radius 2 is 2.06 bits per heavy atom. The topological polar surface area (TPSA) is 28.2 Å². The van der Waals surface area contributed by atoms with Gasteiger partial charge in [0.25, 0.3) is 0 Å². The lowest BCUT2D eigenvalue weighted by molar-refractivity contribution is 0.398. The van der Waals surface area contributed by atoms with Crippen molar-refractivity contribution in [1.29, 1.82) is 0 Å². The summed E-state index contributed by atoms with van der Waals surface area (Å²) in [5.74, 6) is 0.972. The maximum atomic E-state index is 4.46. The van der Waals surface area contributed by atoms with Gasteiger partial charge in [-0.05, 0) is 30.5 Å². The highest BCUT2D eigenvalue weighted by molar-refractivity contribution is 14.1. The molecule has 102 valence electrons. The van der Waals surface area contributed by atoms with Crippen LogP contribution in [0.1, 0.15) is 32.8 Å². The molecular weight excluding hydrogens is 337 g/mol. The molecule has 1 aromatic heterocycles. The van der Waals surface area contributed by atoms with Gasteiger partial charge in [-0.15, -0.1) is 0 Å². The van der Waals surface area contributed by atoms with Crippen LogP contribution in [-0.2, 0) is 5.41 Å². The van der Waals surface area contributed by atoms with Crippen molar-refractivity contribution in [2.45, 2.75) is 32.6 Å². The highest BCUT2D eigenvalue weighted by atomic mass is 127. The number of hydrogen-bond donors (Lipinski definition) is 1. The Morgan fingerprint density at radius 3 is 2.56 bits per heavy atom. The second-order valence-electron chi connectivity index (χ2n) is 5.66. The minimum Gasteiger partial charge on any atom is -0.370 e.